The maximum atomic E-state index is 15.2. The molecule has 0 aliphatic heterocycles. The van der Waals surface area contributed by atoms with Crippen LogP contribution in [-0.2, 0) is 12.8 Å². The highest BCUT2D eigenvalue weighted by molar-refractivity contribution is 5.89. The Labute approximate surface area is 209 Å². The van der Waals surface area contributed by atoms with E-state index in [-0.39, 0.29) is 5.82 Å². The fourth-order valence-electron chi connectivity index (χ4n) is 4.35. The van der Waals surface area contributed by atoms with E-state index >= 15 is 4.39 Å². The number of aryl methyl sites for hydroxylation is 2. The Morgan fingerprint density at radius 3 is 2.20 bits per heavy atom. The van der Waals surface area contributed by atoms with Gasteiger partial charge in [0.05, 0.1) is 5.56 Å². The molecule has 4 rings (SSSR count). The molecule has 0 amide bonds. The van der Waals surface area contributed by atoms with Gasteiger partial charge in [-0.25, -0.2) is 4.39 Å². The van der Waals surface area contributed by atoms with Gasteiger partial charge in [0, 0.05) is 10.9 Å². The van der Waals surface area contributed by atoms with Crippen molar-refractivity contribution in [3.63, 3.8) is 0 Å². The first-order chi connectivity index (χ1) is 17.2. The van der Waals surface area contributed by atoms with Crippen LogP contribution in [0, 0.1) is 17.7 Å². The summed E-state index contributed by atoms with van der Waals surface area (Å²) in [4.78, 5) is 0. The average Bonchev–Trinajstić information content (AvgIpc) is 2.90. The molecule has 0 saturated heterocycles. The van der Waals surface area contributed by atoms with Crippen molar-refractivity contribution in [2.45, 2.75) is 51.9 Å². The fourth-order valence-corrected chi connectivity index (χ4v) is 4.35. The van der Waals surface area contributed by atoms with E-state index in [0.717, 1.165) is 41.3 Å². The zero-order valence-corrected chi connectivity index (χ0v) is 20.6. The molecular formula is C34H33F. The van der Waals surface area contributed by atoms with Crippen molar-refractivity contribution in [3.05, 3.63) is 120 Å². The molecule has 0 nitrogen and oxygen atoms in total. The van der Waals surface area contributed by atoms with E-state index in [0.29, 0.717) is 10.9 Å². The van der Waals surface area contributed by atoms with Crippen molar-refractivity contribution in [1.82, 2.24) is 0 Å². The van der Waals surface area contributed by atoms with Crippen LogP contribution in [0.25, 0.3) is 21.9 Å². The summed E-state index contributed by atoms with van der Waals surface area (Å²) in [7, 11) is 0. The molecule has 0 heterocycles. The summed E-state index contributed by atoms with van der Waals surface area (Å²) in [5.41, 5.74) is 6.20. The highest BCUT2D eigenvalue weighted by Crippen LogP contribution is 2.28. The zero-order chi connectivity index (χ0) is 24.5. The molecule has 4 aromatic rings. The predicted octanol–water partition coefficient (Wildman–Crippen LogP) is 9.29. The Hall–Kier alpha value is -3.63. The second kappa shape index (κ2) is 12.2. The lowest BCUT2D eigenvalue weighted by Crippen LogP contribution is -1.89. The van der Waals surface area contributed by atoms with Gasteiger partial charge in [0.15, 0.2) is 0 Å². The molecule has 4 aromatic carbocycles. The lowest BCUT2D eigenvalue weighted by atomic mass is 9.97. The molecule has 0 aliphatic carbocycles. The van der Waals surface area contributed by atoms with Gasteiger partial charge >= 0.3 is 0 Å². The lowest BCUT2D eigenvalue weighted by molar-refractivity contribution is 0.636. The summed E-state index contributed by atoms with van der Waals surface area (Å²) in [5.74, 6) is 5.87. The third-order valence-corrected chi connectivity index (χ3v) is 6.49. The molecule has 35 heavy (non-hydrogen) atoms. The van der Waals surface area contributed by atoms with Gasteiger partial charge in [-0.15, -0.1) is 6.58 Å². The Morgan fingerprint density at radius 1 is 0.743 bits per heavy atom. The third kappa shape index (κ3) is 6.49. The van der Waals surface area contributed by atoms with E-state index in [1.165, 1.54) is 36.8 Å². The van der Waals surface area contributed by atoms with Crippen LogP contribution in [0.5, 0.6) is 0 Å². The maximum Gasteiger partial charge on any atom is 0.146 e. The van der Waals surface area contributed by atoms with Gasteiger partial charge in [-0.3, -0.25) is 0 Å². The SMILES string of the molecule is C=CCCc1ccc(C#Cc2ccc3cc(-c4ccc(CCCCCC)cc4)ccc3c2F)cc1. The molecule has 0 unspecified atom stereocenters. The summed E-state index contributed by atoms with van der Waals surface area (Å²) in [6.07, 6.45) is 10.1. The second-order valence-corrected chi connectivity index (χ2v) is 9.14. The first-order valence-corrected chi connectivity index (χ1v) is 12.7. The van der Waals surface area contributed by atoms with Crippen molar-refractivity contribution in [2.24, 2.45) is 0 Å². The van der Waals surface area contributed by atoms with Crippen LogP contribution in [0.4, 0.5) is 4.39 Å². The number of benzene rings is 4. The number of fused-ring (bicyclic) bond motifs is 1. The topological polar surface area (TPSA) is 0 Å². The van der Waals surface area contributed by atoms with Crippen LogP contribution in [0.2, 0.25) is 0 Å². The quantitative estimate of drug-likeness (QED) is 0.133. The maximum absolute atomic E-state index is 15.2. The molecule has 176 valence electrons. The van der Waals surface area contributed by atoms with Gasteiger partial charge in [-0.2, -0.15) is 0 Å². The Balaban J connectivity index is 1.49. The smallest absolute Gasteiger partial charge is 0.146 e. The van der Waals surface area contributed by atoms with E-state index in [2.05, 4.69) is 67.8 Å². The van der Waals surface area contributed by atoms with Crippen LogP contribution in [-0.4, -0.2) is 0 Å². The molecule has 0 saturated carbocycles. The molecular weight excluding hydrogens is 427 g/mol. The van der Waals surface area contributed by atoms with Gasteiger partial charge in [-0.05, 0) is 77.6 Å². The Bertz CT molecular complexity index is 1330. The summed E-state index contributed by atoms with van der Waals surface area (Å²) < 4.78 is 15.2. The van der Waals surface area contributed by atoms with Crippen molar-refractivity contribution in [3.8, 4) is 23.0 Å². The predicted molar refractivity (Wildman–Crippen MR) is 148 cm³/mol. The summed E-state index contributed by atoms with van der Waals surface area (Å²) in [5, 5.41) is 1.49. The molecule has 0 aromatic heterocycles. The van der Waals surface area contributed by atoms with E-state index in [4.69, 9.17) is 0 Å². The van der Waals surface area contributed by atoms with Crippen molar-refractivity contribution in [2.75, 3.05) is 0 Å². The monoisotopic (exact) mass is 460 g/mol. The zero-order valence-electron chi connectivity index (χ0n) is 20.6. The normalized spacial score (nSPS) is 10.7. The second-order valence-electron chi connectivity index (χ2n) is 9.14. The minimum atomic E-state index is -0.258. The van der Waals surface area contributed by atoms with Crippen LogP contribution < -0.4 is 0 Å². The van der Waals surface area contributed by atoms with E-state index < -0.39 is 0 Å². The molecule has 0 spiro atoms. The van der Waals surface area contributed by atoms with E-state index in [1.54, 1.807) is 6.07 Å². The largest absolute Gasteiger partial charge is 0.205 e. The van der Waals surface area contributed by atoms with Gasteiger partial charge in [-0.1, -0.05) is 98.7 Å². The Morgan fingerprint density at radius 2 is 1.46 bits per heavy atom. The summed E-state index contributed by atoms with van der Waals surface area (Å²) in [6, 6.07) is 26.6. The number of allylic oxidation sites excluding steroid dienone is 1. The van der Waals surface area contributed by atoms with E-state index in [9.17, 15) is 0 Å². The minimum absolute atomic E-state index is 0.258. The number of halogens is 1. The third-order valence-electron chi connectivity index (χ3n) is 6.49. The molecule has 0 atom stereocenters. The highest BCUT2D eigenvalue weighted by atomic mass is 19.1. The summed E-state index contributed by atoms with van der Waals surface area (Å²) in [6.45, 7) is 6.01. The average molecular weight is 461 g/mol. The first-order valence-electron chi connectivity index (χ1n) is 12.7. The number of unbranched alkanes of at least 4 members (excludes halogenated alkanes) is 3. The molecule has 0 fully saturated rings. The van der Waals surface area contributed by atoms with Crippen molar-refractivity contribution < 1.29 is 4.39 Å². The van der Waals surface area contributed by atoms with Crippen LogP contribution >= 0.6 is 0 Å². The standard InChI is InChI=1S/C34H33F/c1-3-5-7-8-10-27-15-18-29(19-16-27)31-23-24-33-32(25-31)22-21-30(34(33)35)20-17-28-13-11-26(12-14-28)9-6-4-2/h4,11-16,18-19,21-25H,2-3,5-10H2,1H3. The number of hydrogen-bond acceptors (Lipinski definition) is 0. The van der Waals surface area contributed by atoms with Crippen molar-refractivity contribution >= 4 is 10.8 Å². The number of hydrogen-bond donors (Lipinski definition) is 0. The van der Waals surface area contributed by atoms with Crippen LogP contribution in [0.1, 0.15) is 61.3 Å². The van der Waals surface area contributed by atoms with Crippen LogP contribution in [0.15, 0.2) is 91.5 Å². The molecule has 0 N–H and O–H groups in total. The fraction of sp³-hybridized carbons (Fsp3) is 0.235. The minimum Gasteiger partial charge on any atom is -0.205 e. The molecule has 0 bridgehead atoms. The molecule has 0 radical (unpaired) electrons. The highest BCUT2D eigenvalue weighted by Gasteiger charge is 2.08. The van der Waals surface area contributed by atoms with Crippen LogP contribution in [0.3, 0.4) is 0 Å². The van der Waals surface area contributed by atoms with Gasteiger partial charge in [0.25, 0.3) is 0 Å². The van der Waals surface area contributed by atoms with Gasteiger partial charge < -0.3 is 0 Å². The van der Waals surface area contributed by atoms with Crippen molar-refractivity contribution in [1.29, 1.82) is 0 Å². The Kier molecular flexibility index (Phi) is 8.53. The van der Waals surface area contributed by atoms with Gasteiger partial charge in [0.2, 0.25) is 0 Å². The number of rotatable bonds is 9. The van der Waals surface area contributed by atoms with Gasteiger partial charge in [0.1, 0.15) is 5.82 Å². The summed E-state index contributed by atoms with van der Waals surface area (Å²) >= 11 is 0. The first kappa shape index (κ1) is 24.5. The molecule has 0 aliphatic rings. The molecule has 1 heteroatoms. The lowest BCUT2D eigenvalue weighted by Gasteiger charge is -2.08. The van der Waals surface area contributed by atoms with E-state index in [1.807, 2.05) is 36.4 Å².